The van der Waals surface area contributed by atoms with Gasteiger partial charge in [0.1, 0.15) is 0 Å². The minimum absolute atomic E-state index is 0.160. The molecule has 1 heterocycles. The first-order chi connectivity index (χ1) is 8.55. The van der Waals surface area contributed by atoms with Gasteiger partial charge in [0, 0.05) is 0 Å². The molecular formula is C7HF10NO2. The molecule has 0 unspecified atom stereocenters. The number of carbonyl (C=O) groups is 2. The summed E-state index contributed by atoms with van der Waals surface area (Å²) in [5.74, 6) is -41.9. The van der Waals surface area contributed by atoms with Gasteiger partial charge in [-0.15, -0.1) is 0 Å². The van der Waals surface area contributed by atoms with E-state index >= 15 is 0 Å². The number of hydrogen-bond donors (Lipinski definition) is 1. The van der Waals surface area contributed by atoms with Crippen molar-refractivity contribution >= 4 is 11.8 Å². The van der Waals surface area contributed by atoms with Crippen LogP contribution in [0.1, 0.15) is 0 Å². The molecule has 3 nitrogen and oxygen atoms in total. The molecule has 1 N–H and O–H groups in total. The van der Waals surface area contributed by atoms with E-state index in [9.17, 15) is 53.5 Å². The zero-order chi connectivity index (χ0) is 16.4. The second kappa shape index (κ2) is 3.75. The predicted octanol–water partition coefficient (Wildman–Crippen LogP) is 1.82. The zero-order valence-corrected chi connectivity index (χ0v) is 8.60. The molecular weight excluding hydrogens is 320 g/mol. The van der Waals surface area contributed by atoms with E-state index < -0.39 is 41.4 Å². The predicted molar refractivity (Wildman–Crippen MR) is 37.9 cm³/mol. The van der Waals surface area contributed by atoms with Crippen LogP contribution in [0.25, 0.3) is 0 Å². The molecule has 0 saturated carbocycles. The topological polar surface area (TPSA) is 46.2 Å². The molecule has 0 aliphatic carbocycles. The molecule has 1 rings (SSSR count). The van der Waals surface area contributed by atoms with Crippen LogP contribution in [0.4, 0.5) is 43.9 Å². The molecule has 0 atom stereocenters. The first-order valence-corrected chi connectivity index (χ1v) is 4.30. The lowest BCUT2D eigenvalue weighted by molar-refractivity contribution is -0.390. The van der Waals surface area contributed by atoms with Crippen molar-refractivity contribution in [2.75, 3.05) is 0 Å². The number of hydrogen-bond acceptors (Lipinski definition) is 2. The van der Waals surface area contributed by atoms with Gasteiger partial charge in [0.25, 0.3) is 0 Å². The quantitative estimate of drug-likeness (QED) is 0.546. The average molecular weight is 321 g/mol. The third-order valence-electron chi connectivity index (χ3n) is 2.37. The minimum Gasteiger partial charge on any atom is -0.285 e. The first-order valence-electron chi connectivity index (χ1n) is 4.30. The molecule has 116 valence electrons. The van der Waals surface area contributed by atoms with Crippen molar-refractivity contribution in [2.24, 2.45) is 0 Å². The Morgan fingerprint density at radius 3 is 1.05 bits per heavy atom. The number of halogens is 10. The normalized spacial score (nSPS) is 30.1. The summed E-state index contributed by atoms with van der Waals surface area (Å²) in [5.41, 5.74) is 0. The van der Waals surface area contributed by atoms with Gasteiger partial charge in [-0.05, 0) is 0 Å². The van der Waals surface area contributed by atoms with Crippen LogP contribution in [0.3, 0.4) is 0 Å². The highest BCUT2D eigenvalue weighted by atomic mass is 19.4. The molecule has 0 aromatic heterocycles. The number of amides is 2. The van der Waals surface area contributed by atoms with Crippen molar-refractivity contribution in [3.8, 4) is 0 Å². The average Bonchev–Trinajstić information content (AvgIpc) is 2.26. The Balaban J connectivity index is 3.69. The standard InChI is InChI=1S/C7HF10NO2/c8-3(9)1(19)18-2(20)4(10,11)6(14,15)7(16,17)5(3,12)13/h(H,18,19,20). The van der Waals surface area contributed by atoms with Crippen molar-refractivity contribution < 1.29 is 53.5 Å². The summed E-state index contributed by atoms with van der Waals surface area (Å²) < 4.78 is 127. The van der Waals surface area contributed by atoms with E-state index in [4.69, 9.17) is 0 Å². The Labute approximate surface area is 101 Å². The van der Waals surface area contributed by atoms with Crippen molar-refractivity contribution in [3.05, 3.63) is 0 Å². The molecule has 20 heavy (non-hydrogen) atoms. The lowest BCUT2D eigenvalue weighted by atomic mass is 9.91. The zero-order valence-electron chi connectivity index (χ0n) is 8.60. The largest absolute Gasteiger partial charge is 0.393 e. The molecule has 0 spiro atoms. The molecule has 1 aliphatic heterocycles. The Kier molecular flexibility index (Phi) is 3.10. The van der Waals surface area contributed by atoms with E-state index in [0.29, 0.717) is 0 Å². The SMILES string of the molecule is O=C1NC(=O)C(F)(F)C(F)(F)C(F)(F)C(F)(F)C1(F)F. The summed E-state index contributed by atoms with van der Waals surface area (Å²) >= 11 is 0. The van der Waals surface area contributed by atoms with Crippen LogP contribution in [-0.2, 0) is 9.59 Å². The Hall–Kier alpha value is -1.56. The second-order valence-corrected chi connectivity index (χ2v) is 3.66. The van der Waals surface area contributed by atoms with Crippen molar-refractivity contribution in [1.82, 2.24) is 5.32 Å². The number of rotatable bonds is 0. The monoisotopic (exact) mass is 321 g/mol. The van der Waals surface area contributed by atoms with Gasteiger partial charge in [-0.1, -0.05) is 0 Å². The number of nitrogens with one attached hydrogen (secondary N) is 1. The van der Waals surface area contributed by atoms with Crippen LogP contribution in [-0.4, -0.2) is 41.4 Å². The van der Waals surface area contributed by atoms with Crippen LogP contribution in [0.5, 0.6) is 0 Å². The van der Waals surface area contributed by atoms with E-state index in [-0.39, 0.29) is 5.32 Å². The molecule has 0 radical (unpaired) electrons. The molecule has 2 amide bonds. The van der Waals surface area contributed by atoms with Gasteiger partial charge in [0.2, 0.25) is 0 Å². The summed E-state index contributed by atoms with van der Waals surface area (Å²) in [6.07, 6.45) is 0. The van der Waals surface area contributed by atoms with Crippen molar-refractivity contribution in [3.63, 3.8) is 0 Å². The lowest BCUT2D eigenvalue weighted by Crippen LogP contribution is -2.75. The summed E-state index contributed by atoms with van der Waals surface area (Å²) in [6.45, 7) is 0. The van der Waals surface area contributed by atoms with E-state index in [0.717, 1.165) is 0 Å². The fourth-order valence-electron chi connectivity index (χ4n) is 1.14. The van der Waals surface area contributed by atoms with E-state index in [1.54, 1.807) is 0 Å². The molecule has 0 aromatic rings. The fourth-order valence-corrected chi connectivity index (χ4v) is 1.14. The Bertz CT molecular complexity index is 430. The third-order valence-corrected chi connectivity index (χ3v) is 2.37. The summed E-state index contributed by atoms with van der Waals surface area (Å²) in [7, 11) is 0. The minimum atomic E-state index is -7.37. The van der Waals surface area contributed by atoms with Crippen molar-refractivity contribution in [2.45, 2.75) is 29.6 Å². The third kappa shape index (κ3) is 1.54. The maximum atomic E-state index is 12.7. The van der Waals surface area contributed by atoms with E-state index in [2.05, 4.69) is 0 Å². The van der Waals surface area contributed by atoms with Gasteiger partial charge >= 0.3 is 41.4 Å². The highest BCUT2D eigenvalue weighted by molar-refractivity contribution is 6.03. The van der Waals surface area contributed by atoms with Gasteiger partial charge in [0.05, 0.1) is 0 Å². The molecule has 1 fully saturated rings. The van der Waals surface area contributed by atoms with E-state index in [1.165, 1.54) is 0 Å². The van der Waals surface area contributed by atoms with Gasteiger partial charge in [0.15, 0.2) is 0 Å². The molecule has 0 bridgehead atoms. The molecule has 1 saturated heterocycles. The first kappa shape index (κ1) is 16.5. The number of imide groups is 1. The smallest absolute Gasteiger partial charge is 0.285 e. The molecule has 1 aliphatic rings. The summed E-state index contributed by atoms with van der Waals surface area (Å²) in [5, 5.41) is -0.160. The second-order valence-electron chi connectivity index (χ2n) is 3.66. The van der Waals surface area contributed by atoms with E-state index in [1.807, 2.05) is 0 Å². The lowest BCUT2D eigenvalue weighted by Gasteiger charge is -2.40. The van der Waals surface area contributed by atoms with Crippen LogP contribution < -0.4 is 5.32 Å². The van der Waals surface area contributed by atoms with Crippen LogP contribution in [0.2, 0.25) is 0 Å². The maximum Gasteiger partial charge on any atom is 0.393 e. The molecule has 0 aromatic carbocycles. The summed E-state index contributed by atoms with van der Waals surface area (Å²) in [4.78, 5) is 20.9. The van der Waals surface area contributed by atoms with Crippen LogP contribution in [0, 0.1) is 0 Å². The van der Waals surface area contributed by atoms with Gasteiger partial charge in [-0.25, -0.2) is 0 Å². The van der Waals surface area contributed by atoms with Crippen LogP contribution in [0.15, 0.2) is 0 Å². The highest BCUT2D eigenvalue weighted by Gasteiger charge is 2.90. The van der Waals surface area contributed by atoms with Crippen LogP contribution >= 0.6 is 0 Å². The Morgan fingerprint density at radius 1 is 0.550 bits per heavy atom. The van der Waals surface area contributed by atoms with Gasteiger partial charge in [-0.3, -0.25) is 14.9 Å². The number of carbonyl (C=O) groups excluding carboxylic acids is 2. The Morgan fingerprint density at radius 2 is 0.800 bits per heavy atom. The summed E-state index contributed by atoms with van der Waals surface area (Å²) in [6, 6.07) is 0. The van der Waals surface area contributed by atoms with Gasteiger partial charge in [-0.2, -0.15) is 43.9 Å². The van der Waals surface area contributed by atoms with Crippen molar-refractivity contribution in [1.29, 1.82) is 0 Å². The maximum absolute atomic E-state index is 12.7. The fraction of sp³-hybridized carbons (Fsp3) is 0.714. The highest BCUT2D eigenvalue weighted by Crippen LogP contribution is 2.57. The molecule has 13 heteroatoms. The van der Waals surface area contributed by atoms with Gasteiger partial charge < -0.3 is 0 Å². The number of alkyl halides is 10.